The molecule has 0 aliphatic carbocycles. The Kier molecular flexibility index (Phi) is 4.51. The average Bonchev–Trinajstić information content (AvgIpc) is 2.14. The van der Waals surface area contributed by atoms with Crippen LogP contribution in [0.5, 0.6) is 0 Å². The average molecular weight is 301 g/mol. The molecule has 1 amide bonds. The molecular weight excluding hydrogens is 288 g/mol. The predicted octanol–water partition coefficient (Wildman–Crippen LogP) is 1.62. The second kappa shape index (κ2) is 5.67. The lowest BCUT2D eigenvalue weighted by atomic mass is 10.1. The van der Waals surface area contributed by atoms with Crippen molar-refractivity contribution in [2.75, 3.05) is 5.73 Å². The lowest BCUT2D eigenvalue weighted by Crippen LogP contribution is -2.34. The fraction of sp³-hybridized carbons (Fsp3) is 0.273. The van der Waals surface area contributed by atoms with Crippen LogP contribution in [0.25, 0.3) is 0 Å². The molecule has 0 spiro atoms. The smallest absolute Gasteiger partial charge is 0.305 e. The summed E-state index contributed by atoms with van der Waals surface area (Å²) in [6.45, 7) is 1.63. The number of hydrogen-bond donors (Lipinski definition) is 3. The molecule has 1 aromatic carbocycles. The van der Waals surface area contributed by atoms with Crippen molar-refractivity contribution in [2.24, 2.45) is 0 Å². The topological polar surface area (TPSA) is 92.4 Å². The fourth-order valence-electron chi connectivity index (χ4n) is 1.36. The lowest BCUT2D eigenvalue weighted by molar-refractivity contribution is -0.137. The summed E-state index contributed by atoms with van der Waals surface area (Å²) >= 11 is 3.23. The van der Waals surface area contributed by atoms with E-state index in [1.165, 1.54) is 6.07 Å². The van der Waals surface area contributed by atoms with Crippen LogP contribution in [-0.2, 0) is 4.79 Å². The molecule has 0 saturated heterocycles. The first-order chi connectivity index (χ1) is 7.88. The Balaban J connectivity index is 2.72. The number of benzene rings is 1. The molecule has 0 saturated carbocycles. The predicted molar refractivity (Wildman–Crippen MR) is 67.7 cm³/mol. The second-order valence-corrected chi connectivity index (χ2v) is 4.66. The molecule has 0 heterocycles. The Morgan fingerprint density at radius 2 is 2.12 bits per heavy atom. The molecule has 17 heavy (non-hydrogen) atoms. The number of carboxylic acid groups (broad SMARTS) is 1. The third-order valence-electron chi connectivity index (χ3n) is 2.04. The Hall–Kier alpha value is -1.56. The summed E-state index contributed by atoms with van der Waals surface area (Å²) < 4.78 is 0.702. The van der Waals surface area contributed by atoms with Crippen LogP contribution in [0.1, 0.15) is 23.7 Å². The molecule has 1 aromatic rings. The van der Waals surface area contributed by atoms with Gasteiger partial charge in [0.05, 0.1) is 6.42 Å². The van der Waals surface area contributed by atoms with Gasteiger partial charge in [-0.3, -0.25) is 9.59 Å². The summed E-state index contributed by atoms with van der Waals surface area (Å²) in [5, 5.41) is 11.2. The largest absolute Gasteiger partial charge is 0.481 e. The van der Waals surface area contributed by atoms with Crippen LogP contribution in [0, 0.1) is 0 Å². The zero-order chi connectivity index (χ0) is 13.0. The number of hydrogen-bond acceptors (Lipinski definition) is 3. The van der Waals surface area contributed by atoms with Crippen molar-refractivity contribution < 1.29 is 14.7 Å². The molecular formula is C11H13BrN2O3. The van der Waals surface area contributed by atoms with E-state index in [1.807, 2.05) is 0 Å². The van der Waals surface area contributed by atoms with E-state index in [-0.39, 0.29) is 12.3 Å². The van der Waals surface area contributed by atoms with E-state index >= 15 is 0 Å². The maximum Gasteiger partial charge on any atom is 0.305 e. The summed E-state index contributed by atoms with van der Waals surface area (Å²) in [6, 6.07) is 4.41. The van der Waals surface area contributed by atoms with Crippen LogP contribution in [0.3, 0.4) is 0 Å². The van der Waals surface area contributed by atoms with Crippen LogP contribution in [-0.4, -0.2) is 23.0 Å². The van der Waals surface area contributed by atoms with Gasteiger partial charge in [-0.2, -0.15) is 0 Å². The van der Waals surface area contributed by atoms with E-state index in [0.717, 1.165) is 0 Å². The molecule has 5 nitrogen and oxygen atoms in total. The molecule has 0 aliphatic heterocycles. The molecule has 1 unspecified atom stereocenters. The van der Waals surface area contributed by atoms with Gasteiger partial charge in [0.2, 0.25) is 0 Å². The number of nitrogen functional groups attached to an aromatic ring is 1. The van der Waals surface area contributed by atoms with Gasteiger partial charge in [-0.05, 0) is 25.1 Å². The number of anilines is 1. The van der Waals surface area contributed by atoms with Crippen molar-refractivity contribution in [2.45, 2.75) is 19.4 Å². The Labute approximate surface area is 107 Å². The first-order valence-corrected chi connectivity index (χ1v) is 5.76. The van der Waals surface area contributed by atoms with Crippen molar-refractivity contribution in [1.82, 2.24) is 5.32 Å². The summed E-state index contributed by atoms with van der Waals surface area (Å²) in [4.78, 5) is 22.2. The number of aliphatic carboxylic acids is 1. The van der Waals surface area contributed by atoms with Gasteiger partial charge in [-0.25, -0.2) is 0 Å². The molecule has 1 atom stereocenters. The van der Waals surface area contributed by atoms with Crippen LogP contribution in [0.4, 0.5) is 5.69 Å². The number of carbonyl (C=O) groups excluding carboxylic acids is 1. The van der Waals surface area contributed by atoms with Gasteiger partial charge in [0, 0.05) is 21.8 Å². The van der Waals surface area contributed by atoms with Crippen LogP contribution >= 0.6 is 15.9 Å². The van der Waals surface area contributed by atoms with Crippen molar-refractivity contribution >= 4 is 33.5 Å². The van der Waals surface area contributed by atoms with E-state index in [9.17, 15) is 9.59 Å². The maximum atomic E-state index is 11.8. The standard InChI is InChI=1S/C11H13BrN2O3/c1-6(2-10(15)16)14-11(17)7-3-8(12)5-9(13)4-7/h3-6H,2,13H2,1H3,(H,14,17)(H,15,16). The summed E-state index contributed by atoms with van der Waals surface area (Å²) in [7, 11) is 0. The van der Waals surface area contributed by atoms with E-state index in [4.69, 9.17) is 10.8 Å². The van der Waals surface area contributed by atoms with Crippen LogP contribution < -0.4 is 11.1 Å². The highest BCUT2D eigenvalue weighted by Crippen LogP contribution is 2.17. The van der Waals surface area contributed by atoms with Gasteiger partial charge in [0.25, 0.3) is 5.91 Å². The van der Waals surface area contributed by atoms with Crippen molar-refractivity contribution in [3.05, 3.63) is 28.2 Å². The molecule has 0 fully saturated rings. The van der Waals surface area contributed by atoms with Crippen LogP contribution in [0.2, 0.25) is 0 Å². The zero-order valence-corrected chi connectivity index (χ0v) is 10.8. The number of rotatable bonds is 4. The van der Waals surface area contributed by atoms with E-state index in [2.05, 4.69) is 21.2 Å². The second-order valence-electron chi connectivity index (χ2n) is 3.75. The van der Waals surface area contributed by atoms with E-state index in [0.29, 0.717) is 15.7 Å². The molecule has 0 radical (unpaired) electrons. The van der Waals surface area contributed by atoms with Crippen molar-refractivity contribution in [3.63, 3.8) is 0 Å². The normalized spacial score (nSPS) is 11.9. The Morgan fingerprint density at radius 1 is 1.47 bits per heavy atom. The Morgan fingerprint density at radius 3 is 2.65 bits per heavy atom. The molecule has 0 aromatic heterocycles. The first-order valence-electron chi connectivity index (χ1n) is 4.97. The van der Waals surface area contributed by atoms with Crippen LogP contribution in [0.15, 0.2) is 22.7 Å². The van der Waals surface area contributed by atoms with Crippen molar-refractivity contribution in [1.29, 1.82) is 0 Å². The number of amides is 1. The van der Waals surface area contributed by atoms with Gasteiger partial charge in [-0.15, -0.1) is 0 Å². The number of halogens is 1. The van der Waals surface area contributed by atoms with Gasteiger partial charge in [0.15, 0.2) is 0 Å². The Bertz CT molecular complexity index is 428. The molecule has 0 bridgehead atoms. The van der Waals surface area contributed by atoms with Gasteiger partial charge in [-0.1, -0.05) is 15.9 Å². The number of carbonyl (C=O) groups is 2. The molecule has 0 aliphatic rings. The molecule has 92 valence electrons. The molecule has 4 N–H and O–H groups in total. The third-order valence-corrected chi connectivity index (χ3v) is 2.50. The molecule has 1 rings (SSSR count). The highest BCUT2D eigenvalue weighted by Gasteiger charge is 2.13. The van der Waals surface area contributed by atoms with Gasteiger partial charge < -0.3 is 16.2 Å². The monoisotopic (exact) mass is 300 g/mol. The van der Waals surface area contributed by atoms with Gasteiger partial charge >= 0.3 is 5.97 Å². The third kappa shape index (κ3) is 4.44. The number of nitrogens with one attached hydrogen (secondary N) is 1. The number of carboxylic acids is 1. The van der Waals surface area contributed by atoms with Gasteiger partial charge in [0.1, 0.15) is 0 Å². The quantitative estimate of drug-likeness (QED) is 0.737. The summed E-state index contributed by atoms with van der Waals surface area (Å²) in [5.41, 5.74) is 6.47. The SMILES string of the molecule is CC(CC(=O)O)NC(=O)c1cc(N)cc(Br)c1. The van der Waals surface area contributed by atoms with E-state index < -0.39 is 12.0 Å². The zero-order valence-electron chi connectivity index (χ0n) is 9.24. The highest BCUT2D eigenvalue weighted by molar-refractivity contribution is 9.10. The minimum Gasteiger partial charge on any atom is -0.481 e. The summed E-state index contributed by atoms with van der Waals surface area (Å²) in [6.07, 6.45) is -0.116. The molecule has 6 heteroatoms. The highest BCUT2D eigenvalue weighted by atomic mass is 79.9. The van der Waals surface area contributed by atoms with Crippen molar-refractivity contribution in [3.8, 4) is 0 Å². The lowest BCUT2D eigenvalue weighted by Gasteiger charge is -2.12. The number of nitrogens with two attached hydrogens (primary N) is 1. The summed E-state index contributed by atoms with van der Waals surface area (Å²) in [5.74, 6) is -1.29. The minimum atomic E-state index is -0.952. The first kappa shape index (κ1) is 13.5. The fourth-order valence-corrected chi connectivity index (χ4v) is 1.87. The van der Waals surface area contributed by atoms with E-state index in [1.54, 1.807) is 19.1 Å². The minimum absolute atomic E-state index is 0.116. The maximum absolute atomic E-state index is 11.8.